The molecule has 0 fully saturated rings. The Morgan fingerprint density at radius 1 is 0.909 bits per heavy atom. The van der Waals surface area contributed by atoms with Gasteiger partial charge in [0.1, 0.15) is 5.02 Å². The number of nitro benzene ring substituents is 1. The predicted molar refractivity (Wildman–Crippen MR) is 116 cm³/mol. The zero-order valence-electron chi connectivity index (χ0n) is 16.5. The summed E-state index contributed by atoms with van der Waals surface area (Å²) in [5.74, 6) is -1.65. The highest BCUT2D eigenvalue weighted by atomic mass is 35.5. The van der Waals surface area contributed by atoms with E-state index in [2.05, 4.69) is 0 Å². The van der Waals surface area contributed by atoms with Crippen molar-refractivity contribution < 1.29 is 27.7 Å². The van der Waals surface area contributed by atoms with Gasteiger partial charge in [-0.15, -0.1) is 0 Å². The van der Waals surface area contributed by atoms with Crippen molar-refractivity contribution in [2.75, 3.05) is 4.90 Å². The van der Waals surface area contributed by atoms with Crippen LogP contribution in [0.5, 0.6) is 0 Å². The summed E-state index contributed by atoms with van der Waals surface area (Å²) in [5.41, 5.74) is -1.05. The minimum atomic E-state index is -4.67. The van der Waals surface area contributed by atoms with Crippen LogP contribution in [0.2, 0.25) is 5.02 Å². The Bertz CT molecular complexity index is 1350. The lowest BCUT2D eigenvalue weighted by Crippen LogP contribution is -2.41. The highest BCUT2D eigenvalue weighted by Gasteiger charge is 2.37. The summed E-state index contributed by atoms with van der Waals surface area (Å²) in [4.78, 5) is 37.6. The Morgan fingerprint density at radius 2 is 1.61 bits per heavy atom. The third kappa shape index (κ3) is 4.10. The molecule has 2 amide bonds. The van der Waals surface area contributed by atoms with Gasteiger partial charge >= 0.3 is 6.18 Å². The van der Waals surface area contributed by atoms with Crippen LogP contribution in [-0.2, 0) is 11.0 Å². The van der Waals surface area contributed by atoms with E-state index >= 15 is 0 Å². The Morgan fingerprint density at radius 3 is 2.27 bits per heavy atom. The first-order valence-corrected chi connectivity index (χ1v) is 9.77. The van der Waals surface area contributed by atoms with Gasteiger partial charge in [0.15, 0.2) is 0 Å². The van der Waals surface area contributed by atoms with Gasteiger partial charge in [0, 0.05) is 17.2 Å². The van der Waals surface area contributed by atoms with Crippen LogP contribution in [0.15, 0.2) is 66.7 Å². The highest BCUT2D eigenvalue weighted by molar-refractivity contribution is 6.43. The average Bonchev–Trinajstić information content (AvgIpc) is 2.77. The van der Waals surface area contributed by atoms with E-state index in [4.69, 9.17) is 11.6 Å². The van der Waals surface area contributed by atoms with E-state index in [0.717, 1.165) is 18.2 Å². The average molecular weight is 473 g/mol. The molecule has 0 N–H and O–H groups in total. The molecule has 0 bridgehead atoms. The Labute approximate surface area is 189 Å². The van der Waals surface area contributed by atoms with E-state index in [9.17, 15) is 32.9 Å². The second kappa shape index (κ2) is 8.18. The second-order valence-electron chi connectivity index (χ2n) is 7.07. The molecule has 0 radical (unpaired) electrons. The van der Waals surface area contributed by atoms with Gasteiger partial charge in [-0.3, -0.25) is 19.7 Å². The number of carbonyl (C=O) groups excluding carboxylic acids is 2. The number of benzene rings is 3. The fourth-order valence-corrected chi connectivity index (χ4v) is 3.66. The van der Waals surface area contributed by atoms with Crippen LogP contribution in [0.25, 0.3) is 11.6 Å². The van der Waals surface area contributed by atoms with Crippen molar-refractivity contribution in [3.05, 3.63) is 104 Å². The minimum Gasteiger partial charge on any atom is -0.268 e. The van der Waals surface area contributed by atoms with Crippen LogP contribution in [0.1, 0.15) is 27.0 Å². The number of carbonyl (C=O) groups is 2. The molecule has 3 aromatic rings. The van der Waals surface area contributed by atoms with Gasteiger partial charge in [0.2, 0.25) is 0 Å². The number of anilines is 1. The molecule has 33 heavy (non-hydrogen) atoms. The van der Waals surface area contributed by atoms with E-state index in [1.807, 2.05) is 0 Å². The van der Waals surface area contributed by atoms with Gasteiger partial charge in [0.25, 0.3) is 17.5 Å². The predicted octanol–water partition coefficient (Wildman–Crippen LogP) is 5.99. The van der Waals surface area contributed by atoms with Crippen molar-refractivity contribution in [2.45, 2.75) is 6.18 Å². The topological polar surface area (TPSA) is 80.5 Å². The van der Waals surface area contributed by atoms with Gasteiger partial charge in [-0.05, 0) is 47.5 Å². The number of rotatable bonds is 3. The highest BCUT2D eigenvalue weighted by Crippen LogP contribution is 2.37. The van der Waals surface area contributed by atoms with Crippen molar-refractivity contribution in [2.24, 2.45) is 0 Å². The number of nitro groups is 1. The van der Waals surface area contributed by atoms with Crippen LogP contribution in [0.3, 0.4) is 0 Å². The first kappa shape index (κ1) is 22.2. The van der Waals surface area contributed by atoms with Crippen LogP contribution < -0.4 is 4.90 Å². The van der Waals surface area contributed by atoms with Gasteiger partial charge < -0.3 is 0 Å². The lowest BCUT2D eigenvalue weighted by atomic mass is 9.91. The molecule has 1 aliphatic heterocycles. The van der Waals surface area contributed by atoms with E-state index in [-0.39, 0.29) is 38.7 Å². The van der Waals surface area contributed by atoms with Crippen LogP contribution >= 0.6 is 11.6 Å². The summed E-state index contributed by atoms with van der Waals surface area (Å²) in [7, 11) is 0. The maximum Gasteiger partial charge on any atom is 0.416 e. The number of alkyl halides is 3. The summed E-state index contributed by atoms with van der Waals surface area (Å²) in [6, 6.07) is 13.9. The fourth-order valence-electron chi connectivity index (χ4n) is 3.47. The Kier molecular flexibility index (Phi) is 5.51. The van der Waals surface area contributed by atoms with Crippen LogP contribution in [0.4, 0.5) is 24.5 Å². The normalized spacial score (nSPS) is 15.0. The zero-order valence-corrected chi connectivity index (χ0v) is 17.2. The molecule has 0 atom stereocenters. The lowest BCUT2D eigenvalue weighted by molar-refractivity contribution is -0.384. The first-order valence-electron chi connectivity index (χ1n) is 9.39. The molecular weight excluding hydrogens is 461 g/mol. The van der Waals surface area contributed by atoms with Crippen molar-refractivity contribution in [3.63, 3.8) is 0 Å². The van der Waals surface area contributed by atoms with Crippen molar-refractivity contribution in [3.8, 4) is 0 Å². The van der Waals surface area contributed by atoms with Gasteiger partial charge in [-0.1, -0.05) is 41.9 Å². The summed E-state index contributed by atoms with van der Waals surface area (Å²) >= 11 is 5.84. The van der Waals surface area contributed by atoms with Crippen molar-refractivity contribution >= 4 is 46.4 Å². The summed E-state index contributed by atoms with van der Waals surface area (Å²) < 4.78 is 39.6. The summed E-state index contributed by atoms with van der Waals surface area (Å²) in [5, 5.41) is 11.1. The van der Waals surface area contributed by atoms with Crippen LogP contribution in [0, 0.1) is 10.1 Å². The van der Waals surface area contributed by atoms with E-state index in [0.29, 0.717) is 11.0 Å². The molecule has 1 heterocycles. The number of fused-ring (bicyclic) bond motifs is 1. The molecular formula is C23H12ClF3N2O4. The minimum absolute atomic E-state index is 0.0146. The molecule has 0 aromatic heterocycles. The molecule has 3 aromatic carbocycles. The lowest BCUT2D eigenvalue weighted by Gasteiger charge is -2.29. The smallest absolute Gasteiger partial charge is 0.268 e. The zero-order chi connectivity index (χ0) is 23.9. The molecule has 0 spiro atoms. The molecule has 6 nitrogen and oxygen atoms in total. The number of hydrogen-bond donors (Lipinski definition) is 0. The van der Waals surface area contributed by atoms with Gasteiger partial charge in [0.05, 0.1) is 16.2 Å². The number of amides is 2. The monoisotopic (exact) mass is 472 g/mol. The number of imide groups is 1. The van der Waals surface area contributed by atoms with Gasteiger partial charge in [-0.2, -0.15) is 13.2 Å². The van der Waals surface area contributed by atoms with Gasteiger partial charge in [-0.25, -0.2) is 4.90 Å². The summed E-state index contributed by atoms with van der Waals surface area (Å²) in [6.45, 7) is 0. The molecule has 10 heteroatoms. The third-order valence-corrected chi connectivity index (χ3v) is 5.31. The summed E-state index contributed by atoms with van der Waals surface area (Å²) in [6.07, 6.45) is -3.34. The van der Waals surface area contributed by atoms with E-state index in [1.165, 1.54) is 36.4 Å². The van der Waals surface area contributed by atoms with Crippen LogP contribution in [-0.4, -0.2) is 16.7 Å². The maximum absolute atomic E-state index is 13.3. The fraction of sp³-hybridized carbons (Fsp3) is 0.0435. The first-order chi connectivity index (χ1) is 15.6. The standard InChI is InChI=1S/C23H12ClF3N2O4/c24-19-9-8-13(11-20(19)29(32)33)10-18-16-6-1-2-7-17(16)21(30)28(22(18)31)15-5-3-4-14(12-15)23(25,26)27/h1-12H/b18-10-. The molecule has 0 saturated carbocycles. The number of nitrogens with zero attached hydrogens (tertiary/aromatic N) is 2. The molecule has 0 unspecified atom stereocenters. The second-order valence-corrected chi connectivity index (χ2v) is 7.47. The molecule has 0 aliphatic carbocycles. The SMILES string of the molecule is O=C1/C(=C\c2ccc(Cl)c([N+](=O)[O-])c2)c2ccccc2C(=O)N1c1cccc(C(F)(F)F)c1. The maximum atomic E-state index is 13.3. The Hall–Kier alpha value is -3.98. The molecule has 0 saturated heterocycles. The van der Waals surface area contributed by atoms with Crippen molar-refractivity contribution in [1.82, 2.24) is 0 Å². The molecule has 1 aliphatic rings. The number of hydrogen-bond acceptors (Lipinski definition) is 4. The van der Waals surface area contributed by atoms with E-state index in [1.54, 1.807) is 12.1 Å². The largest absolute Gasteiger partial charge is 0.416 e. The number of halogens is 4. The Balaban J connectivity index is 1.89. The third-order valence-electron chi connectivity index (χ3n) is 4.99. The van der Waals surface area contributed by atoms with Crippen molar-refractivity contribution in [1.29, 1.82) is 0 Å². The molecule has 4 rings (SSSR count). The van der Waals surface area contributed by atoms with E-state index < -0.39 is 28.5 Å². The molecule has 166 valence electrons. The quantitative estimate of drug-likeness (QED) is 0.203.